The Labute approximate surface area is 91.2 Å². The number of hydrogen-bond donors (Lipinski definition) is 1. The average molecular weight is 215 g/mol. The first-order valence-corrected chi connectivity index (χ1v) is 5.69. The molecule has 1 N–H and O–H groups in total. The van der Waals surface area contributed by atoms with E-state index in [9.17, 15) is 4.79 Å². The summed E-state index contributed by atoms with van der Waals surface area (Å²) in [6.45, 7) is 7.16. The molecule has 4 heteroatoms. The van der Waals surface area contributed by atoms with Crippen molar-refractivity contribution in [1.82, 2.24) is 4.90 Å². The van der Waals surface area contributed by atoms with Crippen molar-refractivity contribution in [2.75, 3.05) is 26.3 Å². The molecule has 0 aromatic rings. The second kappa shape index (κ2) is 6.08. The second-order valence-corrected chi connectivity index (χ2v) is 4.18. The number of carboxylic acids is 1. The zero-order chi connectivity index (χ0) is 11.3. The predicted molar refractivity (Wildman–Crippen MR) is 57.9 cm³/mol. The van der Waals surface area contributed by atoms with Gasteiger partial charge in [-0.25, -0.2) is 0 Å². The van der Waals surface area contributed by atoms with Crippen LogP contribution in [0.15, 0.2) is 0 Å². The average Bonchev–Trinajstić information content (AvgIpc) is 2.26. The number of nitrogens with zero attached hydrogens (tertiary/aromatic N) is 1. The van der Waals surface area contributed by atoms with Gasteiger partial charge in [0.15, 0.2) is 0 Å². The van der Waals surface area contributed by atoms with E-state index in [1.807, 2.05) is 6.92 Å². The number of hydrogen-bond acceptors (Lipinski definition) is 3. The first kappa shape index (κ1) is 12.5. The Kier molecular flexibility index (Phi) is 5.05. The topological polar surface area (TPSA) is 49.8 Å². The second-order valence-electron chi connectivity index (χ2n) is 4.18. The molecule has 0 spiro atoms. The summed E-state index contributed by atoms with van der Waals surface area (Å²) in [6.07, 6.45) is 1.79. The molecule has 2 unspecified atom stereocenters. The molecular weight excluding hydrogens is 194 g/mol. The van der Waals surface area contributed by atoms with Crippen LogP contribution >= 0.6 is 0 Å². The van der Waals surface area contributed by atoms with Crippen molar-refractivity contribution in [2.45, 2.75) is 32.7 Å². The van der Waals surface area contributed by atoms with Crippen molar-refractivity contribution < 1.29 is 14.6 Å². The van der Waals surface area contributed by atoms with Gasteiger partial charge in [0.2, 0.25) is 0 Å². The van der Waals surface area contributed by atoms with Crippen molar-refractivity contribution >= 4 is 5.97 Å². The molecule has 4 nitrogen and oxygen atoms in total. The monoisotopic (exact) mass is 215 g/mol. The largest absolute Gasteiger partial charge is 0.481 e. The molecule has 1 aliphatic rings. The summed E-state index contributed by atoms with van der Waals surface area (Å²) in [5.41, 5.74) is 0. The van der Waals surface area contributed by atoms with Crippen LogP contribution in [-0.2, 0) is 9.53 Å². The van der Waals surface area contributed by atoms with Crippen LogP contribution in [0.25, 0.3) is 0 Å². The summed E-state index contributed by atoms with van der Waals surface area (Å²) in [7, 11) is 0. The number of rotatable bonds is 5. The first-order valence-electron chi connectivity index (χ1n) is 5.69. The molecule has 0 aliphatic carbocycles. The fourth-order valence-corrected chi connectivity index (χ4v) is 2.00. The van der Waals surface area contributed by atoms with Crippen LogP contribution in [0.1, 0.15) is 26.7 Å². The fraction of sp³-hybridized carbons (Fsp3) is 0.909. The van der Waals surface area contributed by atoms with Gasteiger partial charge in [-0.3, -0.25) is 9.69 Å². The van der Waals surface area contributed by atoms with E-state index in [1.54, 1.807) is 0 Å². The van der Waals surface area contributed by atoms with Crippen LogP contribution < -0.4 is 0 Å². The van der Waals surface area contributed by atoms with E-state index in [2.05, 4.69) is 11.8 Å². The lowest BCUT2D eigenvalue weighted by Gasteiger charge is -2.35. The third-order valence-electron chi connectivity index (χ3n) is 2.99. The number of carboxylic acid groups (broad SMARTS) is 1. The third kappa shape index (κ3) is 3.80. The van der Waals surface area contributed by atoms with Gasteiger partial charge in [-0.05, 0) is 33.2 Å². The molecule has 15 heavy (non-hydrogen) atoms. The van der Waals surface area contributed by atoms with Gasteiger partial charge in [-0.2, -0.15) is 0 Å². The summed E-state index contributed by atoms with van der Waals surface area (Å²) >= 11 is 0. The Morgan fingerprint density at radius 3 is 3.00 bits per heavy atom. The normalized spacial score (nSPS) is 25.1. The van der Waals surface area contributed by atoms with Crippen molar-refractivity contribution in [1.29, 1.82) is 0 Å². The van der Waals surface area contributed by atoms with E-state index in [4.69, 9.17) is 9.84 Å². The molecule has 88 valence electrons. The van der Waals surface area contributed by atoms with Gasteiger partial charge in [0.05, 0.1) is 12.5 Å². The molecule has 0 saturated carbocycles. The van der Waals surface area contributed by atoms with Crippen molar-refractivity contribution in [3.63, 3.8) is 0 Å². The summed E-state index contributed by atoms with van der Waals surface area (Å²) in [5, 5.41) is 8.96. The van der Waals surface area contributed by atoms with Gasteiger partial charge in [-0.15, -0.1) is 0 Å². The summed E-state index contributed by atoms with van der Waals surface area (Å²) in [6, 6.07) is 0.326. The van der Waals surface area contributed by atoms with E-state index in [0.717, 1.165) is 26.0 Å². The van der Waals surface area contributed by atoms with Gasteiger partial charge in [0.25, 0.3) is 0 Å². The predicted octanol–water partition coefficient (Wildman–Crippen LogP) is 1.21. The maximum absolute atomic E-state index is 10.9. The highest BCUT2D eigenvalue weighted by Crippen LogP contribution is 2.18. The van der Waals surface area contributed by atoms with E-state index in [1.165, 1.54) is 0 Å². The Morgan fingerprint density at radius 2 is 2.40 bits per heavy atom. The van der Waals surface area contributed by atoms with Crippen molar-refractivity contribution in [2.24, 2.45) is 5.92 Å². The van der Waals surface area contributed by atoms with Gasteiger partial charge >= 0.3 is 5.97 Å². The molecule has 1 rings (SSSR count). The molecule has 1 saturated heterocycles. The highest BCUT2D eigenvalue weighted by Gasteiger charge is 2.27. The van der Waals surface area contributed by atoms with Crippen molar-refractivity contribution in [3.05, 3.63) is 0 Å². The van der Waals surface area contributed by atoms with Gasteiger partial charge in [-0.1, -0.05) is 0 Å². The van der Waals surface area contributed by atoms with Crippen LogP contribution in [0.4, 0.5) is 0 Å². The summed E-state index contributed by atoms with van der Waals surface area (Å²) < 4.78 is 5.36. The number of piperidine rings is 1. The molecule has 1 fully saturated rings. The fourth-order valence-electron chi connectivity index (χ4n) is 2.00. The standard InChI is InChI=1S/C11H21NO3/c1-3-15-8-9(2)12-6-4-5-10(7-12)11(13)14/h9-10H,3-8H2,1-2H3,(H,13,14). The maximum atomic E-state index is 10.9. The van der Waals surface area contributed by atoms with E-state index >= 15 is 0 Å². The minimum absolute atomic E-state index is 0.192. The van der Waals surface area contributed by atoms with E-state index in [0.29, 0.717) is 19.2 Å². The highest BCUT2D eigenvalue weighted by molar-refractivity contribution is 5.70. The first-order chi connectivity index (χ1) is 7.15. The Bertz CT molecular complexity index is 208. The maximum Gasteiger partial charge on any atom is 0.307 e. The van der Waals surface area contributed by atoms with Crippen molar-refractivity contribution in [3.8, 4) is 0 Å². The molecule has 0 aromatic heterocycles. The lowest BCUT2D eigenvalue weighted by atomic mass is 9.97. The lowest BCUT2D eigenvalue weighted by molar-refractivity contribution is -0.144. The van der Waals surface area contributed by atoms with Gasteiger partial charge in [0.1, 0.15) is 0 Å². The quantitative estimate of drug-likeness (QED) is 0.749. The Balaban J connectivity index is 2.37. The molecule has 0 radical (unpaired) electrons. The van der Waals surface area contributed by atoms with Gasteiger partial charge in [0, 0.05) is 19.2 Å². The smallest absolute Gasteiger partial charge is 0.307 e. The number of likely N-dealkylation sites (tertiary alicyclic amines) is 1. The molecule has 1 heterocycles. The highest BCUT2D eigenvalue weighted by atomic mass is 16.5. The lowest BCUT2D eigenvalue weighted by Crippen LogP contribution is -2.45. The molecular formula is C11H21NO3. The Morgan fingerprint density at radius 1 is 1.67 bits per heavy atom. The summed E-state index contributed by atoms with van der Waals surface area (Å²) in [5.74, 6) is -0.855. The third-order valence-corrected chi connectivity index (χ3v) is 2.99. The van der Waals surface area contributed by atoms with Crippen LogP contribution in [0, 0.1) is 5.92 Å². The van der Waals surface area contributed by atoms with Crippen LogP contribution in [0.5, 0.6) is 0 Å². The molecule has 0 bridgehead atoms. The van der Waals surface area contributed by atoms with E-state index in [-0.39, 0.29) is 5.92 Å². The van der Waals surface area contributed by atoms with Crippen LogP contribution in [0.3, 0.4) is 0 Å². The zero-order valence-corrected chi connectivity index (χ0v) is 9.61. The number of carbonyl (C=O) groups is 1. The molecule has 1 aliphatic heterocycles. The molecule has 2 atom stereocenters. The zero-order valence-electron chi connectivity index (χ0n) is 9.61. The molecule has 0 aromatic carbocycles. The number of aliphatic carboxylic acids is 1. The summed E-state index contributed by atoms with van der Waals surface area (Å²) in [4.78, 5) is 13.1. The Hall–Kier alpha value is -0.610. The van der Waals surface area contributed by atoms with Gasteiger partial charge < -0.3 is 9.84 Å². The minimum atomic E-state index is -0.664. The van der Waals surface area contributed by atoms with Crippen LogP contribution in [-0.4, -0.2) is 48.3 Å². The minimum Gasteiger partial charge on any atom is -0.481 e. The molecule has 0 amide bonds. The SMILES string of the molecule is CCOCC(C)N1CCCC(C(=O)O)C1. The van der Waals surface area contributed by atoms with Crippen LogP contribution in [0.2, 0.25) is 0 Å². The van der Waals surface area contributed by atoms with E-state index < -0.39 is 5.97 Å². The number of ether oxygens (including phenoxy) is 1.